The summed E-state index contributed by atoms with van der Waals surface area (Å²) in [5.74, 6) is 0.544. The van der Waals surface area contributed by atoms with E-state index in [0.717, 1.165) is 0 Å². The quantitative estimate of drug-likeness (QED) is 0.705. The number of aliphatic hydroxyl groups excluding tert-OH is 1. The van der Waals surface area contributed by atoms with Crippen LogP contribution < -0.4 is 0 Å². The molecule has 0 radical (unpaired) electrons. The molecule has 6 heteroatoms. The maximum Gasteiger partial charge on any atom is 0.195 e. The lowest BCUT2D eigenvalue weighted by Crippen LogP contribution is -2.10. The van der Waals surface area contributed by atoms with Crippen molar-refractivity contribution in [1.82, 2.24) is 14.8 Å². The average Bonchev–Trinajstić information content (AvgIpc) is 2.43. The number of aliphatic hydroxyl groups is 1. The number of ether oxygens (including phenoxy) is 1. The number of aromatic nitrogens is 3. The highest BCUT2D eigenvalue weighted by molar-refractivity contribution is 7.71. The lowest BCUT2D eigenvalue weighted by Gasteiger charge is -2.07. The van der Waals surface area contributed by atoms with E-state index in [-0.39, 0.29) is 0 Å². The fourth-order valence-electron chi connectivity index (χ4n) is 1.05. The van der Waals surface area contributed by atoms with Gasteiger partial charge in [-0.25, -0.2) is 0 Å². The molecular formula is C7H13N3O2S. The maximum absolute atomic E-state index is 9.33. The molecule has 5 nitrogen and oxygen atoms in total. The highest BCUT2D eigenvalue weighted by Crippen LogP contribution is 2.08. The van der Waals surface area contributed by atoms with E-state index in [9.17, 15) is 5.11 Å². The van der Waals surface area contributed by atoms with Crippen LogP contribution in [0.25, 0.3) is 0 Å². The normalized spacial score (nSPS) is 13.2. The van der Waals surface area contributed by atoms with E-state index in [4.69, 9.17) is 17.0 Å². The third kappa shape index (κ3) is 2.36. The van der Waals surface area contributed by atoms with Gasteiger partial charge in [-0.1, -0.05) is 0 Å². The van der Waals surface area contributed by atoms with Crippen LogP contribution in [0.15, 0.2) is 0 Å². The summed E-state index contributed by atoms with van der Waals surface area (Å²) in [7, 11) is 1.62. The van der Waals surface area contributed by atoms with Gasteiger partial charge in [-0.3, -0.25) is 9.67 Å². The van der Waals surface area contributed by atoms with Crippen LogP contribution in [0.3, 0.4) is 0 Å². The minimum Gasteiger partial charge on any atom is -0.385 e. The molecule has 74 valence electrons. The number of H-pyrrole nitrogens is 1. The largest absolute Gasteiger partial charge is 0.385 e. The predicted molar refractivity (Wildman–Crippen MR) is 49.9 cm³/mol. The van der Waals surface area contributed by atoms with Crippen molar-refractivity contribution in [2.45, 2.75) is 19.6 Å². The van der Waals surface area contributed by atoms with Crippen LogP contribution in [0, 0.1) is 4.77 Å². The van der Waals surface area contributed by atoms with Gasteiger partial charge in [-0.05, 0) is 19.1 Å². The summed E-state index contributed by atoms with van der Waals surface area (Å²) in [6, 6.07) is 0. The van der Waals surface area contributed by atoms with Crippen molar-refractivity contribution in [3.8, 4) is 0 Å². The van der Waals surface area contributed by atoms with Crippen molar-refractivity contribution < 1.29 is 9.84 Å². The molecule has 0 spiro atoms. The summed E-state index contributed by atoms with van der Waals surface area (Å²) in [4.78, 5) is 0. The fourth-order valence-corrected chi connectivity index (χ4v) is 1.28. The Morgan fingerprint density at radius 2 is 2.46 bits per heavy atom. The molecule has 0 fully saturated rings. The van der Waals surface area contributed by atoms with E-state index in [1.165, 1.54) is 0 Å². The first-order chi connectivity index (χ1) is 6.16. The molecule has 0 aromatic carbocycles. The van der Waals surface area contributed by atoms with Gasteiger partial charge < -0.3 is 9.84 Å². The standard InChI is InChI=1S/C7H13N3O2S/c1-5(11)6-8-9-7(13)10(6)3-4-12-2/h5,11H,3-4H2,1-2H3,(H,9,13)/t5-/m0/s1. The first-order valence-electron chi connectivity index (χ1n) is 3.99. The molecule has 0 saturated carbocycles. The molecule has 0 unspecified atom stereocenters. The van der Waals surface area contributed by atoms with Crippen molar-refractivity contribution >= 4 is 12.2 Å². The Bertz CT molecular complexity index is 318. The maximum atomic E-state index is 9.33. The molecule has 1 heterocycles. The molecular weight excluding hydrogens is 190 g/mol. The zero-order chi connectivity index (χ0) is 9.84. The minimum atomic E-state index is -0.621. The number of hydrogen-bond acceptors (Lipinski definition) is 4. The second kappa shape index (κ2) is 4.50. The van der Waals surface area contributed by atoms with E-state index in [2.05, 4.69) is 10.2 Å². The number of rotatable bonds is 4. The topological polar surface area (TPSA) is 63.1 Å². The fraction of sp³-hybridized carbons (Fsp3) is 0.714. The highest BCUT2D eigenvalue weighted by Gasteiger charge is 2.10. The molecule has 1 aromatic heterocycles. The Kier molecular flexibility index (Phi) is 3.58. The van der Waals surface area contributed by atoms with E-state index in [1.807, 2.05) is 0 Å². The molecule has 0 saturated heterocycles. The number of methoxy groups -OCH3 is 1. The number of hydrogen-bond donors (Lipinski definition) is 2. The molecule has 0 aliphatic heterocycles. The van der Waals surface area contributed by atoms with E-state index < -0.39 is 6.10 Å². The van der Waals surface area contributed by atoms with Crippen LogP contribution in [-0.2, 0) is 11.3 Å². The smallest absolute Gasteiger partial charge is 0.195 e. The third-order valence-electron chi connectivity index (χ3n) is 1.68. The summed E-state index contributed by atoms with van der Waals surface area (Å²) in [6.45, 7) is 2.80. The molecule has 2 N–H and O–H groups in total. The Hall–Kier alpha value is -0.720. The van der Waals surface area contributed by atoms with Gasteiger partial charge in [0.1, 0.15) is 6.10 Å². The molecule has 0 bridgehead atoms. The molecule has 1 atom stereocenters. The molecule has 13 heavy (non-hydrogen) atoms. The zero-order valence-electron chi connectivity index (χ0n) is 7.65. The third-order valence-corrected chi connectivity index (χ3v) is 1.99. The SMILES string of the molecule is COCCn1c([C@H](C)O)n[nH]c1=S. The van der Waals surface area contributed by atoms with E-state index >= 15 is 0 Å². The highest BCUT2D eigenvalue weighted by atomic mass is 32.1. The van der Waals surface area contributed by atoms with Gasteiger partial charge in [0, 0.05) is 7.11 Å². The molecule has 0 amide bonds. The van der Waals surface area contributed by atoms with Crippen LogP contribution in [0.1, 0.15) is 18.9 Å². The Morgan fingerprint density at radius 3 is 3.00 bits per heavy atom. The van der Waals surface area contributed by atoms with Crippen LogP contribution in [0.2, 0.25) is 0 Å². The summed E-state index contributed by atoms with van der Waals surface area (Å²) in [5, 5.41) is 15.9. The number of aromatic amines is 1. The van der Waals surface area contributed by atoms with Crippen molar-refractivity contribution in [1.29, 1.82) is 0 Å². The van der Waals surface area contributed by atoms with Gasteiger partial charge in [0.15, 0.2) is 10.6 Å². The Balaban J connectivity index is 2.88. The van der Waals surface area contributed by atoms with Gasteiger partial charge in [-0.15, -0.1) is 0 Å². The number of nitrogens with zero attached hydrogens (tertiary/aromatic N) is 2. The average molecular weight is 203 g/mol. The van der Waals surface area contributed by atoms with Crippen molar-refractivity contribution in [2.75, 3.05) is 13.7 Å². The lowest BCUT2D eigenvalue weighted by molar-refractivity contribution is 0.165. The Morgan fingerprint density at radius 1 is 1.77 bits per heavy atom. The van der Waals surface area contributed by atoms with Crippen molar-refractivity contribution in [3.05, 3.63) is 10.6 Å². The second-order valence-electron chi connectivity index (χ2n) is 2.71. The minimum absolute atomic E-state index is 0.507. The molecule has 1 rings (SSSR count). The number of nitrogens with one attached hydrogen (secondary N) is 1. The molecule has 0 aliphatic carbocycles. The van der Waals surface area contributed by atoms with Crippen LogP contribution >= 0.6 is 12.2 Å². The first kappa shape index (κ1) is 10.4. The van der Waals surface area contributed by atoms with Crippen molar-refractivity contribution in [3.63, 3.8) is 0 Å². The monoisotopic (exact) mass is 203 g/mol. The predicted octanol–water partition coefficient (Wildman–Crippen LogP) is 0.640. The van der Waals surface area contributed by atoms with E-state index in [1.54, 1.807) is 18.6 Å². The van der Waals surface area contributed by atoms with Crippen molar-refractivity contribution in [2.24, 2.45) is 0 Å². The van der Waals surface area contributed by atoms with Crippen LogP contribution in [-0.4, -0.2) is 33.6 Å². The Labute approximate surface area is 81.3 Å². The van der Waals surface area contributed by atoms with Crippen LogP contribution in [0.5, 0.6) is 0 Å². The van der Waals surface area contributed by atoms with Crippen LogP contribution in [0.4, 0.5) is 0 Å². The molecule has 1 aromatic rings. The van der Waals surface area contributed by atoms with Gasteiger partial charge in [0.05, 0.1) is 13.2 Å². The van der Waals surface area contributed by atoms with Gasteiger partial charge in [0.25, 0.3) is 0 Å². The summed E-state index contributed by atoms with van der Waals surface area (Å²) < 4.78 is 7.15. The van der Waals surface area contributed by atoms with Gasteiger partial charge in [-0.2, -0.15) is 5.10 Å². The second-order valence-corrected chi connectivity index (χ2v) is 3.09. The molecule has 0 aliphatic rings. The summed E-state index contributed by atoms with van der Waals surface area (Å²) in [5.41, 5.74) is 0. The lowest BCUT2D eigenvalue weighted by atomic mass is 10.4. The van der Waals surface area contributed by atoms with Gasteiger partial charge >= 0.3 is 0 Å². The summed E-state index contributed by atoms with van der Waals surface area (Å²) in [6.07, 6.45) is -0.621. The zero-order valence-corrected chi connectivity index (χ0v) is 8.47. The first-order valence-corrected chi connectivity index (χ1v) is 4.39. The van der Waals surface area contributed by atoms with E-state index in [0.29, 0.717) is 23.7 Å². The van der Waals surface area contributed by atoms with Gasteiger partial charge in [0.2, 0.25) is 0 Å². The summed E-state index contributed by atoms with van der Waals surface area (Å²) >= 11 is 4.98.